The van der Waals surface area contributed by atoms with Crippen LogP contribution in [-0.2, 0) is 16.6 Å². The molecule has 0 saturated carbocycles. The van der Waals surface area contributed by atoms with Gasteiger partial charge in [-0.05, 0) is 39.3 Å². The van der Waals surface area contributed by atoms with Crippen LogP contribution in [0.15, 0.2) is 27.7 Å². The van der Waals surface area contributed by atoms with E-state index in [1.165, 1.54) is 0 Å². The molecule has 1 unspecified atom stereocenters. The molecular formula is C16H23N3O3S2. The van der Waals surface area contributed by atoms with Crippen molar-refractivity contribution in [2.45, 2.75) is 43.9 Å². The Kier molecular flexibility index (Phi) is 5.08. The quantitative estimate of drug-likeness (QED) is 0.829. The first-order valence-corrected chi connectivity index (χ1v) is 10.6. The smallest absolute Gasteiger partial charge is 0.246 e. The molecule has 24 heavy (non-hydrogen) atoms. The van der Waals surface area contributed by atoms with Gasteiger partial charge in [-0.2, -0.15) is 9.40 Å². The number of nitrogens with zero attached hydrogens (tertiary/aromatic N) is 3. The van der Waals surface area contributed by atoms with Gasteiger partial charge in [0.25, 0.3) is 0 Å². The van der Waals surface area contributed by atoms with Crippen LogP contribution in [0.4, 0.5) is 0 Å². The molecular weight excluding hydrogens is 346 g/mol. The molecule has 0 aromatic carbocycles. The minimum absolute atomic E-state index is 0.209. The highest BCUT2D eigenvalue weighted by Gasteiger charge is 2.33. The maximum absolute atomic E-state index is 13.1. The van der Waals surface area contributed by atoms with Crippen molar-refractivity contribution >= 4 is 21.8 Å². The Morgan fingerprint density at radius 3 is 2.79 bits per heavy atom. The van der Waals surface area contributed by atoms with Gasteiger partial charge in [0, 0.05) is 25.4 Å². The predicted octanol–water partition coefficient (Wildman–Crippen LogP) is 2.98. The molecule has 6 nitrogen and oxygen atoms in total. The highest BCUT2D eigenvalue weighted by atomic mass is 32.2. The van der Waals surface area contributed by atoms with E-state index in [1.807, 2.05) is 26.0 Å². The number of aromatic nitrogens is 2. The molecule has 0 amide bonds. The summed E-state index contributed by atoms with van der Waals surface area (Å²) >= 11 is 1.75. The molecule has 132 valence electrons. The molecule has 0 N–H and O–H groups in total. The largest absolute Gasteiger partial charge is 0.468 e. The maximum Gasteiger partial charge on any atom is 0.246 e. The molecule has 1 fully saturated rings. The van der Waals surface area contributed by atoms with E-state index >= 15 is 0 Å². The van der Waals surface area contributed by atoms with Gasteiger partial charge in [-0.15, -0.1) is 11.8 Å². The molecule has 1 saturated heterocycles. The van der Waals surface area contributed by atoms with E-state index in [2.05, 4.69) is 5.10 Å². The van der Waals surface area contributed by atoms with Crippen LogP contribution in [0, 0.1) is 13.8 Å². The minimum Gasteiger partial charge on any atom is -0.468 e. The topological polar surface area (TPSA) is 68.3 Å². The zero-order chi connectivity index (χ0) is 17.3. The van der Waals surface area contributed by atoms with E-state index in [4.69, 9.17) is 4.42 Å². The fourth-order valence-corrected chi connectivity index (χ4v) is 6.31. The van der Waals surface area contributed by atoms with E-state index in [0.717, 1.165) is 23.6 Å². The Labute approximate surface area is 147 Å². The lowest BCUT2D eigenvalue weighted by Gasteiger charge is -2.20. The third-order valence-electron chi connectivity index (χ3n) is 4.37. The normalized spacial score (nSPS) is 20.2. The van der Waals surface area contributed by atoms with Crippen molar-refractivity contribution in [3.63, 3.8) is 0 Å². The number of hydrogen-bond donors (Lipinski definition) is 0. The Hall–Kier alpha value is -1.25. The molecule has 1 aliphatic heterocycles. The predicted molar refractivity (Wildman–Crippen MR) is 94.7 cm³/mol. The van der Waals surface area contributed by atoms with Gasteiger partial charge in [-0.25, -0.2) is 8.42 Å². The van der Waals surface area contributed by atoms with Crippen molar-refractivity contribution in [1.29, 1.82) is 0 Å². The van der Waals surface area contributed by atoms with E-state index in [9.17, 15) is 8.42 Å². The summed E-state index contributed by atoms with van der Waals surface area (Å²) in [6.45, 7) is 7.24. The maximum atomic E-state index is 13.1. The van der Waals surface area contributed by atoms with E-state index in [0.29, 0.717) is 30.2 Å². The molecule has 3 heterocycles. The molecule has 8 heteroatoms. The summed E-state index contributed by atoms with van der Waals surface area (Å²) in [6, 6.07) is 3.84. The van der Waals surface area contributed by atoms with Gasteiger partial charge in [0.2, 0.25) is 10.0 Å². The van der Waals surface area contributed by atoms with Crippen LogP contribution in [0.5, 0.6) is 0 Å². The summed E-state index contributed by atoms with van der Waals surface area (Å²) in [7, 11) is -3.52. The lowest BCUT2D eigenvalue weighted by atomic mass is 10.2. The van der Waals surface area contributed by atoms with E-state index in [1.54, 1.807) is 33.9 Å². The van der Waals surface area contributed by atoms with E-state index in [-0.39, 0.29) is 5.25 Å². The van der Waals surface area contributed by atoms with Crippen LogP contribution in [0.2, 0.25) is 0 Å². The summed E-state index contributed by atoms with van der Waals surface area (Å²) in [4.78, 5) is 0.366. The average Bonchev–Trinajstić information content (AvgIpc) is 3.08. The first-order chi connectivity index (χ1) is 11.4. The molecule has 0 bridgehead atoms. The molecule has 0 aliphatic carbocycles. The number of hydrogen-bond acceptors (Lipinski definition) is 5. The molecule has 1 aliphatic rings. The lowest BCUT2D eigenvalue weighted by Crippen LogP contribution is -2.33. The zero-order valence-electron chi connectivity index (χ0n) is 14.2. The van der Waals surface area contributed by atoms with Crippen LogP contribution >= 0.6 is 11.8 Å². The summed E-state index contributed by atoms with van der Waals surface area (Å²) in [6.07, 6.45) is 2.42. The second-order valence-corrected chi connectivity index (χ2v) is 9.07. The van der Waals surface area contributed by atoms with Gasteiger partial charge >= 0.3 is 0 Å². The van der Waals surface area contributed by atoms with Crippen molar-refractivity contribution in [1.82, 2.24) is 14.1 Å². The fraction of sp³-hybridized carbons (Fsp3) is 0.562. The Morgan fingerprint density at radius 1 is 1.38 bits per heavy atom. The Bertz CT molecular complexity index is 797. The molecule has 1 atom stereocenters. The van der Waals surface area contributed by atoms with Crippen LogP contribution in [0.3, 0.4) is 0 Å². The van der Waals surface area contributed by atoms with Crippen LogP contribution in [-0.4, -0.2) is 41.3 Å². The average molecular weight is 370 g/mol. The molecule has 3 rings (SSSR count). The van der Waals surface area contributed by atoms with Gasteiger partial charge in [0.05, 0.1) is 22.9 Å². The molecule has 2 aromatic heterocycles. The molecule has 0 spiro atoms. The molecule has 0 radical (unpaired) electrons. The second kappa shape index (κ2) is 6.93. The third-order valence-corrected chi connectivity index (χ3v) is 7.81. The van der Waals surface area contributed by atoms with Crippen LogP contribution in [0.1, 0.15) is 35.7 Å². The van der Waals surface area contributed by atoms with Crippen LogP contribution < -0.4 is 0 Å². The van der Waals surface area contributed by atoms with Gasteiger partial charge < -0.3 is 4.42 Å². The van der Waals surface area contributed by atoms with Crippen LogP contribution in [0.25, 0.3) is 0 Å². The lowest BCUT2D eigenvalue weighted by molar-refractivity contribution is 0.416. The fourth-order valence-electron chi connectivity index (χ4n) is 3.18. The van der Waals surface area contributed by atoms with Crippen molar-refractivity contribution in [3.05, 3.63) is 35.5 Å². The van der Waals surface area contributed by atoms with Crippen molar-refractivity contribution in [3.8, 4) is 0 Å². The minimum atomic E-state index is -3.52. The number of sulfonamides is 1. The SMILES string of the molecule is CCn1nc(C)c(S(=O)(=O)N2CCSC(c3ccco3)CC2)c1C. The summed E-state index contributed by atoms with van der Waals surface area (Å²) in [5, 5.41) is 4.57. The standard InChI is InChI=1S/C16H23N3O3S2/c1-4-19-13(3)16(12(2)17-19)24(20,21)18-8-7-15(23-11-9-18)14-6-5-10-22-14/h5-6,10,15H,4,7-9,11H2,1-3H3. The van der Waals surface area contributed by atoms with Gasteiger partial charge in [-0.1, -0.05) is 0 Å². The Morgan fingerprint density at radius 2 is 2.17 bits per heavy atom. The van der Waals surface area contributed by atoms with Gasteiger partial charge in [0.1, 0.15) is 10.7 Å². The molecule has 2 aromatic rings. The first-order valence-electron chi connectivity index (χ1n) is 8.14. The third kappa shape index (κ3) is 3.14. The number of furan rings is 1. The monoisotopic (exact) mass is 369 g/mol. The summed E-state index contributed by atoms with van der Waals surface area (Å²) < 4.78 is 35.1. The van der Waals surface area contributed by atoms with Gasteiger partial charge in [-0.3, -0.25) is 4.68 Å². The number of rotatable bonds is 4. The highest BCUT2D eigenvalue weighted by molar-refractivity contribution is 7.99. The highest BCUT2D eigenvalue weighted by Crippen LogP contribution is 2.36. The zero-order valence-corrected chi connectivity index (χ0v) is 15.9. The summed E-state index contributed by atoms with van der Waals surface area (Å²) in [5.41, 5.74) is 1.29. The first kappa shape index (κ1) is 17.6. The van der Waals surface area contributed by atoms with Crippen molar-refractivity contribution < 1.29 is 12.8 Å². The van der Waals surface area contributed by atoms with Gasteiger partial charge in [0.15, 0.2) is 0 Å². The van der Waals surface area contributed by atoms with Crippen molar-refractivity contribution in [2.24, 2.45) is 0 Å². The summed E-state index contributed by atoms with van der Waals surface area (Å²) in [5.74, 6) is 1.68. The Balaban J connectivity index is 1.84. The number of thioether (sulfide) groups is 1. The van der Waals surface area contributed by atoms with E-state index < -0.39 is 10.0 Å². The second-order valence-electron chi connectivity index (χ2n) is 5.88. The number of aryl methyl sites for hydroxylation is 2. The van der Waals surface area contributed by atoms with Crippen molar-refractivity contribution in [2.75, 3.05) is 18.8 Å².